The number of hydrogen-bond donors (Lipinski definition) is 3. The van der Waals surface area contributed by atoms with Gasteiger partial charge in [0.2, 0.25) is 0 Å². The summed E-state index contributed by atoms with van der Waals surface area (Å²) < 4.78 is 0. The van der Waals surface area contributed by atoms with Crippen molar-refractivity contribution in [3.8, 4) is 0 Å². The zero-order valence-electron chi connectivity index (χ0n) is 14.7. The highest BCUT2D eigenvalue weighted by Gasteiger charge is 2.16. The van der Waals surface area contributed by atoms with E-state index in [-0.39, 0.29) is 16.9 Å². The molecule has 1 amide bonds. The number of nitrogens with zero attached hydrogens (tertiary/aromatic N) is 1. The summed E-state index contributed by atoms with van der Waals surface area (Å²) in [5.74, 6) is -0.496. The number of nitrogen functional groups attached to an aromatic ring is 1. The van der Waals surface area contributed by atoms with Crippen LogP contribution in [0, 0.1) is 10.1 Å². The number of nitrogens with two attached hydrogens (primary N) is 1. The molecule has 142 valence electrons. The topological polar surface area (TPSA) is 110 Å². The predicted octanol–water partition coefficient (Wildman–Crippen LogP) is 4.69. The van der Waals surface area contributed by atoms with Gasteiger partial charge < -0.3 is 16.4 Å². The second-order valence-corrected chi connectivity index (χ2v) is 6.43. The lowest BCUT2D eigenvalue weighted by atomic mass is 10.1. The molecule has 4 N–H and O–H groups in total. The lowest BCUT2D eigenvalue weighted by Gasteiger charge is -2.11. The molecule has 3 aromatic rings. The van der Waals surface area contributed by atoms with Gasteiger partial charge in [-0.1, -0.05) is 41.9 Å². The molecule has 0 spiro atoms. The molecule has 0 atom stereocenters. The van der Waals surface area contributed by atoms with E-state index in [0.29, 0.717) is 17.3 Å². The van der Waals surface area contributed by atoms with Crippen LogP contribution in [0.1, 0.15) is 15.9 Å². The number of nitrogens with one attached hydrogen (secondary N) is 2. The third-order valence-corrected chi connectivity index (χ3v) is 4.35. The van der Waals surface area contributed by atoms with Crippen molar-refractivity contribution in [2.45, 2.75) is 6.54 Å². The number of nitro benzene ring substituents is 1. The molecule has 0 aromatic heterocycles. The first-order valence-electron chi connectivity index (χ1n) is 8.36. The van der Waals surface area contributed by atoms with Crippen LogP contribution in [-0.4, -0.2) is 10.8 Å². The van der Waals surface area contributed by atoms with Crippen molar-refractivity contribution in [3.05, 3.63) is 93.0 Å². The van der Waals surface area contributed by atoms with Gasteiger partial charge in [0.1, 0.15) is 5.69 Å². The van der Waals surface area contributed by atoms with Gasteiger partial charge in [-0.2, -0.15) is 0 Å². The summed E-state index contributed by atoms with van der Waals surface area (Å²) in [4.78, 5) is 22.7. The van der Waals surface area contributed by atoms with Crippen molar-refractivity contribution >= 4 is 40.3 Å². The minimum Gasteiger partial charge on any atom is -0.393 e. The molecule has 0 aliphatic carbocycles. The summed E-state index contributed by atoms with van der Waals surface area (Å²) >= 11 is 6.29. The van der Waals surface area contributed by atoms with E-state index in [2.05, 4.69) is 10.6 Å². The molecular formula is C20H17ClN4O3. The SMILES string of the molecule is Nc1ccc(C(=O)Nc2ccc(NCc3ccccc3)c(Cl)c2)cc1[N+](=O)[O-]. The minimum atomic E-state index is -0.629. The second-order valence-electron chi connectivity index (χ2n) is 6.02. The third-order valence-electron chi connectivity index (χ3n) is 4.04. The zero-order chi connectivity index (χ0) is 20.1. The number of rotatable bonds is 6. The molecule has 0 saturated heterocycles. The van der Waals surface area contributed by atoms with Crippen molar-refractivity contribution < 1.29 is 9.72 Å². The lowest BCUT2D eigenvalue weighted by Crippen LogP contribution is -2.12. The maximum Gasteiger partial charge on any atom is 0.292 e. The Morgan fingerprint density at radius 3 is 2.50 bits per heavy atom. The molecule has 3 rings (SSSR count). The Bertz CT molecular complexity index is 1030. The first-order valence-corrected chi connectivity index (χ1v) is 8.74. The van der Waals surface area contributed by atoms with Gasteiger partial charge in [0, 0.05) is 23.9 Å². The van der Waals surface area contributed by atoms with Crippen molar-refractivity contribution in [2.75, 3.05) is 16.4 Å². The van der Waals surface area contributed by atoms with E-state index < -0.39 is 10.8 Å². The summed E-state index contributed by atoms with van der Waals surface area (Å²) in [6.07, 6.45) is 0. The first-order chi connectivity index (χ1) is 13.4. The van der Waals surface area contributed by atoms with Gasteiger partial charge in [-0.3, -0.25) is 14.9 Å². The molecule has 0 fully saturated rings. The summed E-state index contributed by atoms with van der Waals surface area (Å²) in [6, 6.07) is 18.8. The van der Waals surface area contributed by atoms with E-state index in [1.165, 1.54) is 12.1 Å². The fraction of sp³-hybridized carbons (Fsp3) is 0.0500. The summed E-state index contributed by atoms with van der Waals surface area (Å²) in [5.41, 5.74) is 7.68. The molecule has 0 aliphatic rings. The third kappa shape index (κ3) is 4.57. The molecule has 0 saturated carbocycles. The Morgan fingerprint density at radius 1 is 1.07 bits per heavy atom. The summed E-state index contributed by atoms with van der Waals surface area (Å²) in [5, 5.41) is 17.3. The van der Waals surface area contributed by atoms with Gasteiger partial charge in [-0.05, 0) is 35.9 Å². The van der Waals surface area contributed by atoms with Gasteiger partial charge in [-0.25, -0.2) is 0 Å². The van der Waals surface area contributed by atoms with Gasteiger partial charge in [0.05, 0.1) is 15.6 Å². The Balaban J connectivity index is 1.69. The number of amides is 1. The lowest BCUT2D eigenvalue weighted by molar-refractivity contribution is -0.383. The maximum atomic E-state index is 12.4. The van der Waals surface area contributed by atoms with Crippen LogP contribution < -0.4 is 16.4 Å². The van der Waals surface area contributed by atoms with Gasteiger partial charge in [-0.15, -0.1) is 0 Å². The van der Waals surface area contributed by atoms with Crippen LogP contribution >= 0.6 is 11.6 Å². The number of halogens is 1. The van der Waals surface area contributed by atoms with Crippen LogP contribution in [0.4, 0.5) is 22.7 Å². The van der Waals surface area contributed by atoms with E-state index in [1.54, 1.807) is 18.2 Å². The minimum absolute atomic E-state index is 0.00145. The van der Waals surface area contributed by atoms with Crippen LogP contribution in [0.2, 0.25) is 5.02 Å². The molecule has 3 aromatic carbocycles. The normalized spacial score (nSPS) is 10.3. The van der Waals surface area contributed by atoms with Crippen LogP contribution in [0.15, 0.2) is 66.7 Å². The summed E-state index contributed by atoms with van der Waals surface area (Å²) in [6.45, 7) is 0.612. The number of nitro groups is 1. The van der Waals surface area contributed by atoms with Crippen molar-refractivity contribution in [1.29, 1.82) is 0 Å². The number of benzene rings is 3. The molecule has 0 aliphatic heterocycles. The fourth-order valence-corrected chi connectivity index (χ4v) is 2.82. The van der Waals surface area contributed by atoms with E-state index in [0.717, 1.165) is 17.3 Å². The highest BCUT2D eigenvalue weighted by molar-refractivity contribution is 6.33. The zero-order valence-corrected chi connectivity index (χ0v) is 15.4. The quantitative estimate of drug-likeness (QED) is 0.318. The molecular weight excluding hydrogens is 380 g/mol. The molecule has 28 heavy (non-hydrogen) atoms. The largest absolute Gasteiger partial charge is 0.393 e. The predicted molar refractivity (Wildman–Crippen MR) is 111 cm³/mol. The van der Waals surface area contributed by atoms with Crippen LogP contribution in [0.5, 0.6) is 0 Å². The summed E-state index contributed by atoms with van der Waals surface area (Å²) in [7, 11) is 0. The van der Waals surface area contributed by atoms with Gasteiger partial charge >= 0.3 is 0 Å². The Kier molecular flexibility index (Phi) is 5.76. The smallest absolute Gasteiger partial charge is 0.292 e. The number of anilines is 3. The highest BCUT2D eigenvalue weighted by atomic mass is 35.5. The van der Waals surface area contributed by atoms with Crippen LogP contribution in [0.25, 0.3) is 0 Å². The van der Waals surface area contributed by atoms with Crippen molar-refractivity contribution in [2.24, 2.45) is 0 Å². The van der Waals surface area contributed by atoms with Crippen molar-refractivity contribution in [1.82, 2.24) is 0 Å². The molecule has 8 heteroatoms. The van der Waals surface area contributed by atoms with Gasteiger partial charge in [0.25, 0.3) is 11.6 Å². The first kappa shape index (κ1) is 19.2. The standard InChI is InChI=1S/C20H17ClN4O3/c21-16-11-15(7-9-18(16)23-12-13-4-2-1-3-5-13)24-20(26)14-6-8-17(22)19(10-14)25(27)28/h1-11,23H,12,22H2,(H,24,26). The van der Waals surface area contributed by atoms with E-state index >= 15 is 0 Å². The Hall–Kier alpha value is -3.58. The fourth-order valence-electron chi connectivity index (χ4n) is 2.58. The van der Waals surface area contributed by atoms with E-state index in [1.807, 2.05) is 30.3 Å². The maximum absolute atomic E-state index is 12.4. The van der Waals surface area contributed by atoms with Crippen LogP contribution in [-0.2, 0) is 6.54 Å². The molecule has 0 bridgehead atoms. The molecule has 0 unspecified atom stereocenters. The molecule has 0 heterocycles. The number of carbonyl (C=O) groups is 1. The van der Waals surface area contributed by atoms with E-state index in [4.69, 9.17) is 17.3 Å². The van der Waals surface area contributed by atoms with Crippen LogP contribution in [0.3, 0.4) is 0 Å². The number of carbonyl (C=O) groups excluding carboxylic acids is 1. The highest BCUT2D eigenvalue weighted by Crippen LogP contribution is 2.27. The Labute approximate surface area is 166 Å². The average Bonchev–Trinajstić information content (AvgIpc) is 2.68. The van der Waals surface area contributed by atoms with E-state index in [9.17, 15) is 14.9 Å². The molecule has 0 radical (unpaired) electrons. The van der Waals surface area contributed by atoms with Gasteiger partial charge in [0.15, 0.2) is 0 Å². The second kappa shape index (κ2) is 8.41. The van der Waals surface area contributed by atoms with Crippen molar-refractivity contribution in [3.63, 3.8) is 0 Å². The number of hydrogen-bond acceptors (Lipinski definition) is 5. The average molecular weight is 397 g/mol. The molecule has 7 nitrogen and oxygen atoms in total. The Morgan fingerprint density at radius 2 is 1.82 bits per heavy atom. The monoisotopic (exact) mass is 396 g/mol.